The van der Waals surface area contributed by atoms with Crippen LogP contribution in [-0.2, 0) is 4.79 Å². The number of hydrogen-bond donors (Lipinski definition) is 2. The van der Waals surface area contributed by atoms with Crippen molar-refractivity contribution < 1.29 is 15.0 Å². The van der Waals surface area contributed by atoms with E-state index in [1.165, 1.54) is 0 Å². The first-order valence-electron chi connectivity index (χ1n) is 4.76. The Morgan fingerprint density at radius 2 is 1.92 bits per heavy atom. The van der Waals surface area contributed by atoms with E-state index in [0.29, 0.717) is 12.8 Å². The Kier molecular flexibility index (Phi) is 4.40. The summed E-state index contributed by atoms with van der Waals surface area (Å²) >= 11 is 0. The zero-order chi connectivity index (χ0) is 10.6. The number of carboxylic acids is 1. The lowest BCUT2D eigenvalue weighted by molar-refractivity contribution is -0.145. The van der Waals surface area contributed by atoms with E-state index in [-0.39, 0.29) is 5.92 Å². The first-order chi connectivity index (χ1) is 5.81. The molecule has 0 aliphatic rings. The van der Waals surface area contributed by atoms with Gasteiger partial charge in [-0.15, -0.1) is 0 Å². The van der Waals surface area contributed by atoms with E-state index in [1.807, 2.05) is 20.8 Å². The van der Waals surface area contributed by atoms with Gasteiger partial charge in [-0.2, -0.15) is 0 Å². The highest BCUT2D eigenvalue weighted by atomic mass is 16.4. The quantitative estimate of drug-likeness (QED) is 0.692. The molecular formula is C10H20O3. The summed E-state index contributed by atoms with van der Waals surface area (Å²) in [6.45, 7) is 7.32. The van der Waals surface area contributed by atoms with Gasteiger partial charge in [0.25, 0.3) is 0 Å². The molecule has 0 aromatic carbocycles. The van der Waals surface area contributed by atoms with Gasteiger partial charge in [0.1, 0.15) is 0 Å². The molecule has 78 valence electrons. The Bertz CT molecular complexity index is 173. The molecule has 0 aromatic rings. The van der Waals surface area contributed by atoms with Gasteiger partial charge in [0, 0.05) is 0 Å². The van der Waals surface area contributed by atoms with E-state index in [0.717, 1.165) is 0 Å². The molecule has 13 heavy (non-hydrogen) atoms. The summed E-state index contributed by atoms with van der Waals surface area (Å²) in [7, 11) is 0. The van der Waals surface area contributed by atoms with Gasteiger partial charge in [-0.3, -0.25) is 4.79 Å². The van der Waals surface area contributed by atoms with Gasteiger partial charge in [0.2, 0.25) is 0 Å². The molecule has 0 saturated heterocycles. The average Bonchev–Trinajstić information content (AvgIpc) is 1.99. The molecule has 0 spiro atoms. The summed E-state index contributed by atoms with van der Waals surface area (Å²) < 4.78 is 0. The molecule has 0 amide bonds. The van der Waals surface area contributed by atoms with E-state index in [4.69, 9.17) is 5.11 Å². The zero-order valence-corrected chi connectivity index (χ0v) is 8.87. The fourth-order valence-electron chi connectivity index (χ4n) is 1.14. The molecule has 3 heteroatoms. The molecule has 2 N–H and O–H groups in total. The first-order valence-corrected chi connectivity index (χ1v) is 4.76. The maximum Gasteiger partial charge on any atom is 0.306 e. The Morgan fingerprint density at radius 3 is 2.15 bits per heavy atom. The van der Waals surface area contributed by atoms with Crippen molar-refractivity contribution in [3.63, 3.8) is 0 Å². The first kappa shape index (κ1) is 12.4. The average molecular weight is 188 g/mol. The van der Waals surface area contributed by atoms with Gasteiger partial charge in [0.15, 0.2) is 0 Å². The third-order valence-corrected chi connectivity index (χ3v) is 2.75. The molecule has 0 fully saturated rings. The minimum Gasteiger partial charge on any atom is -0.481 e. The van der Waals surface area contributed by atoms with Gasteiger partial charge >= 0.3 is 5.97 Å². The van der Waals surface area contributed by atoms with Crippen molar-refractivity contribution in [1.29, 1.82) is 0 Å². The van der Waals surface area contributed by atoms with Crippen LogP contribution >= 0.6 is 0 Å². The molecule has 0 heterocycles. The summed E-state index contributed by atoms with van der Waals surface area (Å²) in [5.41, 5.74) is -0.876. The third-order valence-electron chi connectivity index (χ3n) is 2.75. The summed E-state index contributed by atoms with van der Waals surface area (Å²) in [6, 6.07) is 0. The lowest BCUT2D eigenvalue weighted by Gasteiger charge is -2.30. The topological polar surface area (TPSA) is 57.5 Å². The van der Waals surface area contributed by atoms with Crippen molar-refractivity contribution in [3.05, 3.63) is 0 Å². The van der Waals surface area contributed by atoms with Crippen molar-refractivity contribution in [2.24, 2.45) is 11.8 Å². The number of carboxylic acid groups (broad SMARTS) is 1. The second kappa shape index (κ2) is 4.61. The van der Waals surface area contributed by atoms with Crippen LogP contribution in [0.2, 0.25) is 0 Å². The van der Waals surface area contributed by atoms with Crippen LogP contribution in [-0.4, -0.2) is 21.8 Å². The molecule has 0 radical (unpaired) electrons. The third kappa shape index (κ3) is 3.77. The van der Waals surface area contributed by atoms with Crippen LogP contribution in [0.1, 0.15) is 40.5 Å². The van der Waals surface area contributed by atoms with Crippen molar-refractivity contribution in [2.45, 2.75) is 46.1 Å². The van der Waals surface area contributed by atoms with Crippen molar-refractivity contribution in [3.8, 4) is 0 Å². The monoisotopic (exact) mass is 188 g/mol. The predicted octanol–water partition coefficient (Wildman–Crippen LogP) is 1.89. The largest absolute Gasteiger partial charge is 0.481 e. The molecule has 2 unspecified atom stereocenters. The molecule has 0 rings (SSSR count). The minimum atomic E-state index is -0.876. The fourth-order valence-corrected chi connectivity index (χ4v) is 1.14. The molecule has 0 aliphatic carbocycles. The minimum absolute atomic E-state index is 0.0842. The molecular weight excluding hydrogens is 168 g/mol. The van der Waals surface area contributed by atoms with Crippen LogP contribution in [0.25, 0.3) is 0 Å². The van der Waals surface area contributed by atoms with E-state index in [2.05, 4.69) is 0 Å². The molecule has 0 saturated carbocycles. The smallest absolute Gasteiger partial charge is 0.306 e. The standard InChI is InChI=1S/C10H20O3/c1-5-8(9(11)12)6-10(4,13)7(2)3/h7-8,13H,5-6H2,1-4H3,(H,11,12). The molecule has 0 bridgehead atoms. The van der Waals surface area contributed by atoms with Crippen LogP contribution in [0.15, 0.2) is 0 Å². The summed E-state index contributed by atoms with van der Waals surface area (Å²) in [6.07, 6.45) is 0.898. The molecule has 3 nitrogen and oxygen atoms in total. The SMILES string of the molecule is CCC(CC(C)(O)C(C)C)C(=O)O. The lowest BCUT2D eigenvalue weighted by Crippen LogP contribution is -2.35. The van der Waals surface area contributed by atoms with E-state index in [1.54, 1.807) is 6.92 Å². The second-order valence-electron chi connectivity index (χ2n) is 4.16. The number of rotatable bonds is 5. The van der Waals surface area contributed by atoms with Crippen LogP contribution < -0.4 is 0 Å². The van der Waals surface area contributed by atoms with E-state index < -0.39 is 17.5 Å². The number of aliphatic hydroxyl groups is 1. The molecule has 0 aromatic heterocycles. The number of aliphatic carboxylic acids is 1. The Hall–Kier alpha value is -0.570. The number of carbonyl (C=O) groups is 1. The van der Waals surface area contributed by atoms with E-state index >= 15 is 0 Å². The van der Waals surface area contributed by atoms with Crippen molar-refractivity contribution in [1.82, 2.24) is 0 Å². The van der Waals surface area contributed by atoms with Gasteiger partial charge in [-0.1, -0.05) is 20.8 Å². The van der Waals surface area contributed by atoms with Crippen molar-refractivity contribution in [2.75, 3.05) is 0 Å². The molecule has 0 aliphatic heterocycles. The van der Waals surface area contributed by atoms with Crippen LogP contribution in [0.5, 0.6) is 0 Å². The maximum atomic E-state index is 10.7. The Labute approximate surface area is 79.8 Å². The highest BCUT2D eigenvalue weighted by Gasteiger charge is 2.30. The predicted molar refractivity (Wildman–Crippen MR) is 51.5 cm³/mol. The lowest BCUT2D eigenvalue weighted by atomic mass is 9.82. The van der Waals surface area contributed by atoms with Crippen LogP contribution in [0, 0.1) is 11.8 Å². The fraction of sp³-hybridized carbons (Fsp3) is 0.900. The van der Waals surface area contributed by atoms with Gasteiger partial charge in [-0.05, 0) is 25.7 Å². The van der Waals surface area contributed by atoms with E-state index in [9.17, 15) is 9.90 Å². The second-order valence-corrected chi connectivity index (χ2v) is 4.16. The highest BCUT2D eigenvalue weighted by Crippen LogP contribution is 2.26. The zero-order valence-electron chi connectivity index (χ0n) is 8.87. The Balaban J connectivity index is 4.30. The normalized spacial score (nSPS) is 18.3. The van der Waals surface area contributed by atoms with Gasteiger partial charge < -0.3 is 10.2 Å². The summed E-state index contributed by atoms with van der Waals surface area (Å²) in [5.74, 6) is -1.17. The van der Waals surface area contributed by atoms with Crippen LogP contribution in [0.4, 0.5) is 0 Å². The number of hydrogen-bond acceptors (Lipinski definition) is 2. The van der Waals surface area contributed by atoms with Gasteiger partial charge in [0.05, 0.1) is 11.5 Å². The van der Waals surface area contributed by atoms with Crippen LogP contribution in [0.3, 0.4) is 0 Å². The molecule has 2 atom stereocenters. The summed E-state index contributed by atoms with van der Waals surface area (Å²) in [4.78, 5) is 10.7. The van der Waals surface area contributed by atoms with Crippen molar-refractivity contribution >= 4 is 5.97 Å². The van der Waals surface area contributed by atoms with Gasteiger partial charge in [-0.25, -0.2) is 0 Å². The maximum absolute atomic E-state index is 10.7. The summed E-state index contributed by atoms with van der Waals surface area (Å²) in [5, 5.41) is 18.7. The Morgan fingerprint density at radius 1 is 1.46 bits per heavy atom. The highest BCUT2D eigenvalue weighted by molar-refractivity contribution is 5.69.